The quantitative estimate of drug-likeness (QED) is 0.611. The molecule has 0 aromatic carbocycles. The summed E-state index contributed by atoms with van der Waals surface area (Å²) in [6, 6.07) is -0.736. The van der Waals surface area contributed by atoms with Crippen molar-refractivity contribution in [1.82, 2.24) is 10.2 Å². The molecular weight excluding hydrogens is 256 g/mol. The van der Waals surface area contributed by atoms with Crippen LogP contribution < -0.4 is 5.32 Å². The molecule has 0 aliphatic carbocycles. The summed E-state index contributed by atoms with van der Waals surface area (Å²) < 4.78 is 4.87. The molecule has 0 spiro atoms. The first-order valence-corrected chi connectivity index (χ1v) is 7.24. The van der Waals surface area contributed by atoms with E-state index in [1.165, 1.54) is 7.11 Å². The van der Waals surface area contributed by atoms with Gasteiger partial charge in [-0.3, -0.25) is 14.5 Å². The summed E-state index contributed by atoms with van der Waals surface area (Å²) in [7, 11) is 3.02. The Labute approximate surface area is 121 Å². The molecular formula is C15H26N2O3. The van der Waals surface area contributed by atoms with Gasteiger partial charge in [-0.15, -0.1) is 0 Å². The van der Waals surface area contributed by atoms with E-state index in [2.05, 4.69) is 19.2 Å². The molecule has 5 heteroatoms. The molecule has 1 fully saturated rings. The van der Waals surface area contributed by atoms with Crippen LogP contribution >= 0.6 is 0 Å². The number of carbonyl (C=O) groups excluding carboxylic acids is 2. The average Bonchev–Trinajstić information content (AvgIpc) is 2.46. The van der Waals surface area contributed by atoms with Gasteiger partial charge < -0.3 is 10.1 Å². The fraction of sp³-hybridized carbons (Fsp3) is 0.733. The van der Waals surface area contributed by atoms with E-state index >= 15 is 0 Å². The average molecular weight is 282 g/mol. The molecule has 1 saturated heterocycles. The van der Waals surface area contributed by atoms with Gasteiger partial charge in [0, 0.05) is 13.6 Å². The van der Waals surface area contributed by atoms with Crippen LogP contribution in [0.25, 0.3) is 0 Å². The molecule has 1 heterocycles. The number of amides is 1. The predicted molar refractivity (Wildman–Crippen MR) is 78.2 cm³/mol. The van der Waals surface area contributed by atoms with E-state index in [-0.39, 0.29) is 17.9 Å². The second kappa shape index (κ2) is 8.04. The first-order chi connectivity index (χ1) is 9.51. The Balaban J connectivity index is 2.96. The maximum absolute atomic E-state index is 12.1. The maximum atomic E-state index is 12.1. The summed E-state index contributed by atoms with van der Waals surface area (Å²) in [6.07, 6.45) is 6.63. The van der Waals surface area contributed by atoms with Crippen LogP contribution in [-0.4, -0.2) is 49.6 Å². The first-order valence-electron chi connectivity index (χ1n) is 7.24. The summed E-state index contributed by atoms with van der Waals surface area (Å²) in [6.45, 7) is 4.86. The van der Waals surface area contributed by atoms with Crippen molar-refractivity contribution in [3.05, 3.63) is 12.2 Å². The lowest BCUT2D eigenvalue weighted by atomic mass is 9.98. The van der Waals surface area contributed by atoms with Crippen LogP contribution in [-0.2, 0) is 14.3 Å². The molecule has 0 saturated carbocycles. The minimum absolute atomic E-state index is 0.0855. The smallest absolute Gasteiger partial charge is 0.323 e. The number of esters is 1. The van der Waals surface area contributed by atoms with Gasteiger partial charge >= 0.3 is 5.97 Å². The number of piperidine rings is 1. The third-order valence-electron chi connectivity index (χ3n) is 3.57. The molecule has 0 aromatic rings. The zero-order chi connectivity index (χ0) is 15.1. The van der Waals surface area contributed by atoms with Crippen molar-refractivity contribution < 1.29 is 14.3 Å². The standard InChI is InChI=1S/C15H26N2O3/c1-11(2)8-9-12(14(18)16-3)17-10-6-5-7-13(17)15(19)20-4/h8-9,11-13H,5-7,10H2,1-4H3,(H,16,18)/b9-8+/t12?,13-/m0/s1. The monoisotopic (exact) mass is 282 g/mol. The van der Waals surface area contributed by atoms with E-state index in [1.54, 1.807) is 7.05 Å². The van der Waals surface area contributed by atoms with Crippen molar-refractivity contribution in [3.63, 3.8) is 0 Å². The number of nitrogens with one attached hydrogen (secondary N) is 1. The van der Waals surface area contributed by atoms with Gasteiger partial charge in [0.1, 0.15) is 12.1 Å². The highest BCUT2D eigenvalue weighted by Crippen LogP contribution is 2.22. The van der Waals surface area contributed by atoms with Crippen LogP contribution in [0.4, 0.5) is 0 Å². The zero-order valence-corrected chi connectivity index (χ0v) is 12.9. The van der Waals surface area contributed by atoms with E-state index in [9.17, 15) is 9.59 Å². The summed E-state index contributed by atoms with van der Waals surface area (Å²) >= 11 is 0. The highest BCUT2D eigenvalue weighted by molar-refractivity contribution is 5.85. The van der Waals surface area contributed by atoms with Gasteiger partial charge in [-0.2, -0.15) is 0 Å². The van der Waals surface area contributed by atoms with Crippen LogP contribution in [0.3, 0.4) is 0 Å². The number of methoxy groups -OCH3 is 1. The summed E-state index contributed by atoms with van der Waals surface area (Å²) in [5.41, 5.74) is 0. The second-order valence-corrected chi connectivity index (χ2v) is 5.46. The molecule has 0 aromatic heterocycles. The van der Waals surface area contributed by atoms with Gasteiger partial charge in [-0.1, -0.05) is 32.4 Å². The van der Waals surface area contributed by atoms with Gasteiger partial charge in [0.15, 0.2) is 0 Å². The van der Waals surface area contributed by atoms with E-state index < -0.39 is 6.04 Å². The van der Waals surface area contributed by atoms with E-state index in [0.29, 0.717) is 5.92 Å². The Morgan fingerprint density at radius 1 is 1.30 bits per heavy atom. The lowest BCUT2D eigenvalue weighted by Crippen LogP contribution is -2.54. The van der Waals surface area contributed by atoms with Gasteiger partial charge in [-0.05, 0) is 18.8 Å². The Morgan fingerprint density at radius 2 is 2.00 bits per heavy atom. The number of hydrogen-bond acceptors (Lipinski definition) is 4. The van der Waals surface area contributed by atoms with Crippen molar-refractivity contribution in [1.29, 1.82) is 0 Å². The first kappa shape index (κ1) is 16.7. The van der Waals surface area contributed by atoms with Crippen molar-refractivity contribution in [3.8, 4) is 0 Å². The maximum Gasteiger partial charge on any atom is 0.323 e. The largest absolute Gasteiger partial charge is 0.468 e. The summed E-state index contributed by atoms with van der Waals surface area (Å²) in [5.74, 6) is 0.0257. The molecule has 1 aliphatic heterocycles. The summed E-state index contributed by atoms with van der Waals surface area (Å²) in [4.78, 5) is 26.0. The zero-order valence-electron chi connectivity index (χ0n) is 12.9. The minimum Gasteiger partial charge on any atom is -0.468 e. The van der Waals surface area contributed by atoms with Crippen LogP contribution in [0.15, 0.2) is 12.2 Å². The molecule has 0 bridgehead atoms. The number of allylic oxidation sites excluding steroid dienone is 1. The van der Waals surface area contributed by atoms with E-state index in [4.69, 9.17) is 4.74 Å². The van der Waals surface area contributed by atoms with Crippen molar-refractivity contribution in [2.24, 2.45) is 5.92 Å². The Morgan fingerprint density at radius 3 is 2.55 bits per heavy atom. The van der Waals surface area contributed by atoms with Gasteiger partial charge in [0.2, 0.25) is 5.91 Å². The molecule has 5 nitrogen and oxygen atoms in total. The number of hydrogen-bond donors (Lipinski definition) is 1. The number of ether oxygens (including phenoxy) is 1. The van der Waals surface area contributed by atoms with Gasteiger partial charge in [0.25, 0.3) is 0 Å². The van der Waals surface area contributed by atoms with Crippen LogP contribution in [0.1, 0.15) is 33.1 Å². The third kappa shape index (κ3) is 4.34. The van der Waals surface area contributed by atoms with Gasteiger partial charge in [-0.25, -0.2) is 0 Å². The Hall–Kier alpha value is -1.36. The Kier molecular flexibility index (Phi) is 6.71. The number of rotatable bonds is 5. The molecule has 1 amide bonds. The highest BCUT2D eigenvalue weighted by Gasteiger charge is 2.35. The summed E-state index contributed by atoms with van der Waals surface area (Å²) in [5, 5.41) is 2.68. The molecule has 1 unspecified atom stereocenters. The van der Waals surface area contributed by atoms with Crippen LogP contribution in [0.2, 0.25) is 0 Å². The number of nitrogens with zero attached hydrogens (tertiary/aromatic N) is 1. The normalized spacial score (nSPS) is 21.9. The number of carbonyl (C=O) groups is 2. The topological polar surface area (TPSA) is 58.6 Å². The van der Waals surface area contributed by atoms with Gasteiger partial charge in [0.05, 0.1) is 7.11 Å². The molecule has 1 aliphatic rings. The van der Waals surface area contributed by atoms with Crippen LogP contribution in [0, 0.1) is 5.92 Å². The second-order valence-electron chi connectivity index (χ2n) is 5.46. The molecule has 20 heavy (non-hydrogen) atoms. The number of likely N-dealkylation sites (tertiary alicyclic amines) is 1. The lowest BCUT2D eigenvalue weighted by Gasteiger charge is -2.37. The van der Waals surface area contributed by atoms with E-state index in [0.717, 1.165) is 25.8 Å². The van der Waals surface area contributed by atoms with E-state index in [1.807, 2.05) is 17.1 Å². The fourth-order valence-corrected chi connectivity index (χ4v) is 2.50. The molecule has 114 valence electrons. The highest BCUT2D eigenvalue weighted by atomic mass is 16.5. The number of likely N-dealkylation sites (N-methyl/N-ethyl adjacent to an activating group) is 1. The SMILES string of the molecule is CNC(=O)C(/C=C/C(C)C)N1CCCC[C@H]1C(=O)OC. The molecule has 0 radical (unpaired) electrons. The molecule has 1 N–H and O–H groups in total. The lowest BCUT2D eigenvalue weighted by molar-refractivity contribution is -0.150. The predicted octanol–water partition coefficient (Wildman–Crippen LogP) is 1.34. The van der Waals surface area contributed by atoms with Crippen molar-refractivity contribution in [2.75, 3.05) is 20.7 Å². The fourth-order valence-electron chi connectivity index (χ4n) is 2.50. The minimum atomic E-state index is -0.410. The third-order valence-corrected chi connectivity index (χ3v) is 3.57. The Bertz CT molecular complexity index is 366. The van der Waals surface area contributed by atoms with Crippen LogP contribution in [0.5, 0.6) is 0 Å². The van der Waals surface area contributed by atoms with Crippen molar-refractivity contribution in [2.45, 2.75) is 45.2 Å². The molecule has 2 atom stereocenters. The molecule has 1 rings (SSSR count). The van der Waals surface area contributed by atoms with Crippen molar-refractivity contribution >= 4 is 11.9 Å².